The van der Waals surface area contributed by atoms with Gasteiger partial charge in [-0.3, -0.25) is 10.1 Å². The van der Waals surface area contributed by atoms with Crippen molar-refractivity contribution in [2.45, 2.75) is 39.2 Å². The molecule has 0 fully saturated rings. The van der Waals surface area contributed by atoms with Gasteiger partial charge in [-0.15, -0.1) is 0 Å². The molecule has 1 unspecified atom stereocenters. The number of nitrogens with zero attached hydrogens (tertiary/aromatic N) is 1. The lowest BCUT2D eigenvalue weighted by molar-refractivity contribution is -0.385. The van der Waals surface area contributed by atoms with Crippen LogP contribution in [0, 0.1) is 10.1 Å². The van der Waals surface area contributed by atoms with Gasteiger partial charge in [-0.2, -0.15) is 0 Å². The van der Waals surface area contributed by atoms with E-state index in [9.17, 15) is 10.1 Å². The van der Waals surface area contributed by atoms with E-state index in [-0.39, 0.29) is 17.5 Å². The third-order valence-corrected chi connectivity index (χ3v) is 3.02. The Morgan fingerprint density at radius 3 is 2.75 bits per heavy atom. The summed E-state index contributed by atoms with van der Waals surface area (Å²) in [6, 6.07) is 4.98. The lowest BCUT2D eigenvalue weighted by Crippen LogP contribution is -2.28. The summed E-state index contributed by atoms with van der Waals surface area (Å²) in [6.45, 7) is 4.85. The van der Waals surface area contributed by atoms with Gasteiger partial charge in [0.25, 0.3) is 0 Å². The zero-order chi connectivity index (χ0) is 15.0. The number of nitrogens with one attached hydrogen (secondary N) is 1. The van der Waals surface area contributed by atoms with E-state index >= 15 is 0 Å². The Kier molecular flexibility index (Phi) is 6.79. The third kappa shape index (κ3) is 4.70. The van der Waals surface area contributed by atoms with Crippen LogP contribution in [0.5, 0.6) is 5.75 Å². The minimum Gasteiger partial charge on any atom is -0.487 e. The van der Waals surface area contributed by atoms with Crippen LogP contribution in [0.3, 0.4) is 0 Å². The second-order valence-corrected chi connectivity index (χ2v) is 4.59. The van der Waals surface area contributed by atoms with Crippen molar-refractivity contribution in [2.24, 2.45) is 5.73 Å². The number of nitrogens with two attached hydrogens (primary N) is 1. The fraction of sp³-hybridized carbons (Fsp3) is 0.571. The molecular weight excluding hydrogens is 258 g/mol. The van der Waals surface area contributed by atoms with Crippen molar-refractivity contribution in [1.82, 2.24) is 0 Å². The predicted octanol–water partition coefficient (Wildman–Crippen LogP) is 2.92. The van der Waals surface area contributed by atoms with E-state index < -0.39 is 4.92 Å². The maximum atomic E-state index is 10.9. The van der Waals surface area contributed by atoms with Crippen molar-refractivity contribution in [2.75, 3.05) is 18.5 Å². The van der Waals surface area contributed by atoms with Gasteiger partial charge in [0.2, 0.25) is 0 Å². The first-order valence-corrected chi connectivity index (χ1v) is 7.00. The number of rotatable bonds is 9. The van der Waals surface area contributed by atoms with Gasteiger partial charge in [-0.1, -0.05) is 19.8 Å². The Morgan fingerprint density at radius 2 is 2.20 bits per heavy atom. The normalized spacial score (nSPS) is 11.9. The Labute approximate surface area is 119 Å². The lowest BCUT2D eigenvalue weighted by atomic mass is 10.1. The number of hydrogen-bond acceptors (Lipinski definition) is 5. The Morgan fingerprint density at radius 1 is 1.45 bits per heavy atom. The molecule has 112 valence electrons. The van der Waals surface area contributed by atoms with Crippen LogP contribution < -0.4 is 15.8 Å². The fourth-order valence-electron chi connectivity index (χ4n) is 1.96. The molecule has 1 atom stereocenters. The first kappa shape index (κ1) is 16.2. The molecule has 6 nitrogen and oxygen atoms in total. The molecule has 0 aliphatic rings. The van der Waals surface area contributed by atoms with Crippen molar-refractivity contribution in [1.29, 1.82) is 0 Å². The summed E-state index contributed by atoms with van der Waals surface area (Å²) >= 11 is 0. The molecule has 0 saturated heterocycles. The van der Waals surface area contributed by atoms with Gasteiger partial charge in [0.05, 0.1) is 11.5 Å². The summed E-state index contributed by atoms with van der Waals surface area (Å²) in [6.07, 6.45) is 3.19. The van der Waals surface area contributed by atoms with Crippen molar-refractivity contribution in [3.63, 3.8) is 0 Å². The van der Waals surface area contributed by atoms with Crippen LogP contribution in [0.15, 0.2) is 18.2 Å². The van der Waals surface area contributed by atoms with E-state index in [1.807, 2.05) is 0 Å². The van der Waals surface area contributed by atoms with Crippen molar-refractivity contribution >= 4 is 11.4 Å². The van der Waals surface area contributed by atoms with Crippen molar-refractivity contribution in [3.05, 3.63) is 28.3 Å². The molecule has 0 aromatic heterocycles. The van der Waals surface area contributed by atoms with Gasteiger partial charge in [0.1, 0.15) is 0 Å². The smallest absolute Gasteiger partial charge is 0.311 e. The summed E-state index contributed by atoms with van der Waals surface area (Å²) in [5, 5.41) is 14.2. The second-order valence-electron chi connectivity index (χ2n) is 4.59. The highest BCUT2D eigenvalue weighted by molar-refractivity contribution is 5.58. The van der Waals surface area contributed by atoms with Crippen LogP contribution in [0.25, 0.3) is 0 Å². The number of nitro groups is 1. The molecule has 0 spiro atoms. The van der Waals surface area contributed by atoms with Crippen LogP contribution in [-0.4, -0.2) is 24.1 Å². The number of ether oxygens (including phenoxy) is 1. The number of hydrogen-bond donors (Lipinski definition) is 2. The molecule has 3 N–H and O–H groups in total. The first-order chi connectivity index (χ1) is 9.62. The average molecular weight is 281 g/mol. The molecule has 0 bridgehead atoms. The topological polar surface area (TPSA) is 90.4 Å². The van der Waals surface area contributed by atoms with E-state index in [1.165, 1.54) is 6.07 Å². The number of benzene rings is 1. The zero-order valence-corrected chi connectivity index (χ0v) is 12.1. The van der Waals surface area contributed by atoms with Crippen molar-refractivity contribution < 1.29 is 9.66 Å². The van der Waals surface area contributed by atoms with Crippen LogP contribution in [0.1, 0.15) is 33.1 Å². The molecule has 20 heavy (non-hydrogen) atoms. The molecule has 0 saturated carbocycles. The highest BCUT2D eigenvalue weighted by atomic mass is 16.6. The average Bonchev–Trinajstić information content (AvgIpc) is 2.43. The summed E-state index contributed by atoms with van der Waals surface area (Å²) in [5.41, 5.74) is 6.51. The van der Waals surface area contributed by atoms with Gasteiger partial charge in [0.15, 0.2) is 5.75 Å². The molecule has 0 aliphatic carbocycles. The third-order valence-electron chi connectivity index (χ3n) is 3.02. The minimum atomic E-state index is -0.438. The van der Waals surface area contributed by atoms with E-state index in [1.54, 1.807) is 19.1 Å². The standard InChI is InChI=1S/C14H23N3O3/c1-3-5-6-12(10-15)16-11-7-8-13(17(18)19)14(9-11)20-4-2/h7-9,12,16H,3-6,10,15H2,1-2H3. The minimum absolute atomic E-state index is 0.0183. The second kappa shape index (κ2) is 8.37. The SMILES string of the molecule is CCCCC(CN)Nc1ccc([N+](=O)[O-])c(OCC)c1. The van der Waals surface area contributed by atoms with Crippen LogP contribution in [-0.2, 0) is 0 Å². The molecule has 6 heteroatoms. The summed E-state index contributed by atoms with van der Waals surface area (Å²) in [4.78, 5) is 10.5. The highest BCUT2D eigenvalue weighted by Gasteiger charge is 2.16. The number of unbranched alkanes of at least 4 members (excludes halogenated alkanes) is 1. The molecule has 0 amide bonds. The molecule has 0 heterocycles. The van der Waals surface area contributed by atoms with Gasteiger partial charge in [-0.25, -0.2) is 0 Å². The van der Waals surface area contributed by atoms with Crippen LogP contribution in [0.2, 0.25) is 0 Å². The quantitative estimate of drug-likeness (QED) is 0.536. The molecular formula is C14H23N3O3. The first-order valence-electron chi connectivity index (χ1n) is 7.00. The molecule has 1 aromatic carbocycles. The molecule has 0 aliphatic heterocycles. The molecule has 0 radical (unpaired) electrons. The van der Waals surface area contributed by atoms with Gasteiger partial charge in [-0.05, 0) is 19.4 Å². The van der Waals surface area contributed by atoms with Gasteiger partial charge < -0.3 is 15.8 Å². The Balaban J connectivity index is 2.84. The van der Waals surface area contributed by atoms with E-state index in [4.69, 9.17) is 10.5 Å². The fourth-order valence-corrected chi connectivity index (χ4v) is 1.96. The maximum Gasteiger partial charge on any atom is 0.311 e. The summed E-state index contributed by atoms with van der Waals surface area (Å²) in [7, 11) is 0. The predicted molar refractivity (Wildman–Crippen MR) is 80.3 cm³/mol. The van der Waals surface area contributed by atoms with Gasteiger partial charge in [0, 0.05) is 30.4 Å². The molecule has 1 aromatic rings. The van der Waals surface area contributed by atoms with Crippen LogP contribution in [0.4, 0.5) is 11.4 Å². The van der Waals surface area contributed by atoms with Crippen molar-refractivity contribution in [3.8, 4) is 5.75 Å². The van der Waals surface area contributed by atoms with Crippen LogP contribution >= 0.6 is 0 Å². The van der Waals surface area contributed by atoms with E-state index in [0.29, 0.717) is 13.2 Å². The van der Waals surface area contributed by atoms with E-state index in [2.05, 4.69) is 12.2 Å². The van der Waals surface area contributed by atoms with Gasteiger partial charge >= 0.3 is 5.69 Å². The molecule has 1 rings (SSSR count). The number of anilines is 1. The monoisotopic (exact) mass is 281 g/mol. The maximum absolute atomic E-state index is 10.9. The lowest BCUT2D eigenvalue weighted by Gasteiger charge is -2.18. The van der Waals surface area contributed by atoms with E-state index in [0.717, 1.165) is 24.9 Å². The largest absolute Gasteiger partial charge is 0.487 e. The number of nitro benzene ring substituents is 1. The Hall–Kier alpha value is -1.82. The summed E-state index contributed by atoms with van der Waals surface area (Å²) in [5.74, 6) is 0.286. The zero-order valence-electron chi connectivity index (χ0n) is 12.1. The Bertz CT molecular complexity index is 438. The summed E-state index contributed by atoms with van der Waals surface area (Å²) < 4.78 is 5.32. The highest BCUT2D eigenvalue weighted by Crippen LogP contribution is 2.30.